The molecule has 0 spiro atoms. The molecular formula is C15H21NOS. The fourth-order valence-corrected chi connectivity index (χ4v) is 3.90. The largest absolute Gasteiger partial charge is 0.493 e. The average molecular weight is 263 g/mol. The van der Waals surface area contributed by atoms with Crippen molar-refractivity contribution in [3.63, 3.8) is 0 Å². The summed E-state index contributed by atoms with van der Waals surface area (Å²) >= 11 is 2.08. The maximum absolute atomic E-state index is 5.56. The van der Waals surface area contributed by atoms with Gasteiger partial charge in [0.05, 0.1) is 6.61 Å². The molecule has 1 aromatic rings. The van der Waals surface area contributed by atoms with E-state index in [0.717, 1.165) is 18.8 Å². The zero-order chi connectivity index (χ0) is 12.4. The standard InChI is InChI=1S/C15H21NOS/c1-11(16-14-5-8-18-9-6-14)12-2-3-15-13(10-12)4-7-17-15/h2-3,10-11,14,16H,4-9H2,1H3. The molecule has 1 atom stereocenters. The predicted octanol–water partition coefficient (Wildman–Crippen LogP) is 3.17. The molecule has 2 heterocycles. The first-order valence-electron chi connectivity index (χ1n) is 6.92. The topological polar surface area (TPSA) is 21.3 Å². The first-order valence-corrected chi connectivity index (χ1v) is 8.08. The Labute approximate surface area is 113 Å². The molecule has 1 unspecified atom stereocenters. The van der Waals surface area contributed by atoms with E-state index in [1.54, 1.807) is 0 Å². The lowest BCUT2D eigenvalue weighted by Crippen LogP contribution is -2.34. The molecular weight excluding hydrogens is 242 g/mol. The Hall–Kier alpha value is -0.670. The summed E-state index contributed by atoms with van der Waals surface area (Å²) in [6, 6.07) is 7.80. The van der Waals surface area contributed by atoms with Gasteiger partial charge >= 0.3 is 0 Å². The molecule has 0 aromatic heterocycles. The van der Waals surface area contributed by atoms with Crippen LogP contribution in [0.2, 0.25) is 0 Å². The summed E-state index contributed by atoms with van der Waals surface area (Å²) in [5.41, 5.74) is 2.78. The van der Waals surface area contributed by atoms with E-state index >= 15 is 0 Å². The van der Waals surface area contributed by atoms with Gasteiger partial charge in [-0.05, 0) is 48.5 Å². The van der Waals surface area contributed by atoms with Gasteiger partial charge in [0, 0.05) is 18.5 Å². The van der Waals surface area contributed by atoms with Crippen LogP contribution >= 0.6 is 11.8 Å². The second-order valence-corrected chi connectivity index (χ2v) is 6.47. The summed E-state index contributed by atoms with van der Waals surface area (Å²) in [6.07, 6.45) is 3.68. The summed E-state index contributed by atoms with van der Waals surface area (Å²) in [4.78, 5) is 0. The van der Waals surface area contributed by atoms with Crippen LogP contribution in [0, 0.1) is 0 Å². The summed E-state index contributed by atoms with van der Waals surface area (Å²) in [6.45, 7) is 3.12. The molecule has 2 aliphatic rings. The second-order valence-electron chi connectivity index (χ2n) is 5.24. The van der Waals surface area contributed by atoms with Crippen molar-refractivity contribution >= 4 is 11.8 Å². The molecule has 98 valence electrons. The highest BCUT2D eigenvalue weighted by atomic mass is 32.2. The molecule has 1 fully saturated rings. The highest BCUT2D eigenvalue weighted by Crippen LogP contribution is 2.29. The lowest BCUT2D eigenvalue weighted by Gasteiger charge is -2.26. The van der Waals surface area contributed by atoms with Crippen LogP contribution in [0.15, 0.2) is 18.2 Å². The average Bonchev–Trinajstić information content (AvgIpc) is 2.87. The van der Waals surface area contributed by atoms with Crippen molar-refractivity contribution < 1.29 is 4.74 Å². The summed E-state index contributed by atoms with van der Waals surface area (Å²) in [7, 11) is 0. The van der Waals surface area contributed by atoms with Gasteiger partial charge in [0.25, 0.3) is 0 Å². The number of thioether (sulfide) groups is 1. The second kappa shape index (κ2) is 5.54. The molecule has 3 rings (SSSR count). The van der Waals surface area contributed by atoms with Crippen LogP contribution in [0.1, 0.15) is 36.9 Å². The highest BCUT2D eigenvalue weighted by Gasteiger charge is 2.18. The smallest absolute Gasteiger partial charge is 0.122 e. The number of ether oxygens (including phenoxy) is 1. The Morgan fingerprint density at radius 3 is 3.00 bits per heavy atom. The molecule has 2 aliphatic heterocycles. The van der Waals surface area contributed by atoms with Gasteiger partial charge in [-0.2, -0.15) is 11.8 Å². The van der Waals surface area contributed by atoms with Crippen LogP contribution in [-0.4, -0.2) is 24.2 Å². The van der Waals surface area contributed by atoms with Crippen molar-refractivity contribution in [1.82, 2.24) is 5.32 Å². The molecule has 0 saturated carbocycles. The third-order valence-electron chi connectivity index (χ3n) is 3.92. The first kappa shape index (κ1) is 12.4. The predicted molar refractivity (Wildman–Crippen MR) is 77.5 cm³/mol. The Morgan fingerprint density at radius 2 is 2.17 bits per heavy atom. The van der Waals surface area contributed by atoms with E-state index < -0.39 is 0 Å². The number of hydrogen-bond donors (Lipinski definition) is 1. The molecule has 1 saturated heterocycles. The third kappa shape index (κ3) is 2.67. The van der Waals surface area contributed by atoms with Gasteiger partial charge in [-0.15, -0.1) is 0 Å². The zero-order valence-corrected chi connectivity index (χ0v) is 11.8. The maximum Gasteiger partial charge on any atom is 0.122 e. The molecule has 0 radical (unpaired) electrons. The number of rotatable bonds is 3. The summed E-state index contributed by atoms with van der Waals surface area (Å²) < 4.78 is 5.56. The Balaban J connectivity index is 1.66. The number of benzene rings is 1. The van der Waals surface area contributed by atoms with Crippen LogP contribution in [0.4, 0.5) is 0 Å². The quantitative estimate of drug-likeness (QED) is 0.905. The molecule has 3 heteroatoms. The normalized spacial score (nSPS) is 21.4. The minimum absolute atomic E-state index is 0.448. The van der Waals surface area contributed by atoms with Crippen molar-refractivity contribution in [2.75, 3.05) is 18.1 Å². The van der Waals surface area contributed by atoms with E-state index in [4.69, 9.17) is 4.74 Å². The molecule has 18 heavy (non-hydrogen) atoms. The minimum atomic E-state index is 0.448. The molecule has 0 bridgehead atoms. The number of fused-ring (bicyclic) bond motifs is 1. The maximum atomic E-state index is 5.56. The minimum Gasteiger partial charge on any atom is -0.493 e. The highest BCUT2D eigenvalue weighted by molar-refractivity contribution is 7.99. The summed E-state index contributed by atoms with van der Waals surface area (Å²) in [5.74, 6) is 3.70. The Morgan fingerprint density at radius 1 is 1.33 bits per heavy atom. The molecule has 1 N–H and O–H groups in total. The molecule has 0 amide bonds. The lowest BCUT2D eigenvalue weighted by molar-refractivity contribution is 0.356. The summed E-state index contributed by atoms with van der Waals surface area (Å²) in [5, 5.41) is 3.77. The van der Waals surface area contributed by atoms with E-state index in [-0.39, 0.29) is 0 Å². The lowest BCUT2D eigenvalue weighted by atomic mass is 10.0. The van der Waals surface area contributed by atoms with Crippen molar-refractivity contribution in [2.24, 2.45) is 0 Å². The van der Waals surface area contributed by atoms with Gasteiger partial charge in [0.1, 0.15) is 5.75 Å². The van der Waals surface area contributed by atoms with E-state index in [1.807, 2.05) is 0 Å². The zero-order valence-electron chi connectivity index (χ0n) is 10.9. The van der Waals surface area contributed by atoms with Crippen molar-refractivity contribution in [2.45, 2.75) is 38.3 Å². The van der Waals surface area contributed by atoms with E-state index in [2.05, 4.69) is 42.2 Å². The Kier molecular flexibility index (Phi) is 3.80. The van der Waals surface area contributed by atoms with Crippen LogP contribution in [0.25, 0.3) is 0 Å². The van der Waals surface area contributed by atoms with Gasteiger partial charge in [-0.3, -0.25) is 0 Å². The Bertz CT molecular complexity index is 415. The van der Waals surface area contributed by atoms with Crippen LogP contribution in [0.5, 0.6) is 5.75 Å². The molecule has 0 aliphatic carbocycles. The number of nitrogens with one attached hydrogen (secondary N) is 1. The SMILES string of the molecule is CC(NC1CCSCC1)c1ccc2c(c1)CCO2. The van der Waals surface area contributed by atoms with Gasteiger partial charge < -0.3 is 10.1 Å². The van der Waals surface area contributed by atoms with Crippen molar-refractivity contribution in [3.8, 4) is 5.75 Å². The van der Waals surface area contributed by atoms with E-state index in [9.17, 15) is 0 Å². The molecule has 1 aromatic carbocycles. The van der Waals surface area contributed by atoms with Gasteiger partial charge in [0.2, 0.25) is 0 Å². The van der Waals surface area contributed by atoms with Crippen LogP contribution < -0.4 is 10.1 Å². The fourth-order valence-electron chi connectivity index (χ4n) is 2.79. The first-order chi connectivity index (χ1) is 8.83. The van der Waals surface area contributed by atoms with E-state index in [1.165, 1.54) is 35.5 Å². The van der Waals surface area contributed by atoms with Crippen LogP contribution in [0.3, 0.4) is 0 Å². The van der Waals surface area contributed by atoms with E-state index in [0.29, 0.717) is 12.1 Å². The van der Waals surface area contributed by atoms with Gasteiger partial charge in [-0.1, -0.05) is 12.1 Å². The fraction of sp³-hybridized carbons (Fsp3) is 0.600. The van der Waals surface area contributed by atoms with Gasteiger partial charge in [-0.25, -0.2) is 0 Å². The van der Waals surface area contributed by atoms with Crippen LogP contribution in [-0.2, 0) is 6.42 Å². The number of hydrogen-bond acceptors (Lipinski definition) is 3. The third-order valence-corrected chi connectivity index (χ3v) is 4.97. The van der Waals surface area contributed by atoms with Crippen molar-refractivity contribution in [3.05, 3.63) is 29.3 Å². The van der Waals surface area contributed by atoms with Crippen molar-refractivity contribution in [1.29, 1.82) is 0 Å². The monoisotopic (exact) mass is 263 g/mol. The molecule has 2 nitrogen and oxygen atoms in total. The van der Waals surface area contributed by atoms with Gasteiger partial charge in [0.15, 0.2) is 0 Å².